The molecule has 2 aromatic rings. The Morgan fingerprint density at radius 2 is 1.96 bits per heavy atom. The van der Waals surface area contributed by atoms with E-state index in [-0.39, 0.29) is 23.2 Å². The Labute approximate surface area is 138 Å². The van der Waals surface area contributed by atoms with Gasteiger partial charge < -0.3 is 9.72 Å². The summed E-state index contributed by atoms with van der Waals surface area (Å²) in [7, 11) is 0. The number of anilines is 1. The molecule has 128 valence electrons. The minimum atomic E-state index is -0.371. The summed E-state index contributed by atoms with van der Waals surface area (Å²) in [5, 5.41) is 11.7. The maximum atomic E-state index is 12.0. The van der Waals surface area contributed by atoms with E-state index >= 15 is 0 Å². The van der Waals surface area contributed by atoms with Crippen LogP contribution in [-0.4, -0.2) is 38.5 Å². The highest BCUT2D eigenvalue weighted by atomic mass is 16.5. The molecule has 0 radical (unpaired) electrons. The number of carbonyl (C=O) groups excluding carboxylic acids is 1. The topological polar surface area (TPSA) is 125 Å². The van der Waals surface area contributed by atoms with Crippen molar-refractivity contribution in [3.63, 3.8) is 0 Å². The minimum Gasteiger partial charge on any atom is -0.462 e. The largest absolute Gasteiger partial charge is 0.462 e. The molecule has 24 heavy (non-hydrogen) atoms. The summed E-state index contributed by atoms with van der Waals surface area (Å²) in [5.41, 5.74) is 5.83. The Morgan fingerprint density at radius 3 is 2.58 bits per heavy atom. The highest BCUT2D eigenvalue weighted by Gasteiger charge is 2.20. The molecule has 2 aromatic heterocycles. The van der Waals surface area contributed by atoms with Crippen molar-refractivity contribution in [3.8, 4) is 0 Å². The number of aromatic amines is 2. The van der Waals surface area contributed by atoms with Gasteiger partial charge in [-0.1, -0.05) is 0 Å². The summed E-state index contributed by atoms with van der Waals surface area (Å²) in [4.78, 5) is 29.2. The van der Waals surface area contributed by atoms with Gasteiger partial charge in [0.25, 0.3) is 5.56 Å². The summed E-state index contributed by atoms with van der Waals surface area (Å²) in [6.45, 7) is 9.01. The molecule has 9 heteroatoms. The predicted octanol–water partition coefficient (Wildman–Crippen LogP) is 1.43. The smallest absolute Gasteiger partial charge is 0.340 e. The lowest BCUT2D eigenvalue weighted by Gasteiger charge is -2.04. The van der Waals surface area contributed by atoms with Crippen LogP contribution in [0.3, 0.4) is 0 Å². The standard InChI is InChI=1S/C15H20N6O3/c1-6-24-14(23)11-7(2)12(16-8(11)3)9(4)18-20-15-17-13(22)10(5)19-21-15/h16H,6H2,1-5H3,(H2,17,20,21,22)/b18-9+. The Kier molecular flexibility index (Phi) is 5.12. The quantitative estimate of drug-likeness (QED) is 0.432. The van der Waals surface area contributed by atoms with E-state index in [4.69, 9.17) is 4.74 Å². The molecular formula is C15H20N6O3. The number of hydrogen-bond acceptors (Lipinski definition) is 7. The van der Waals surface area contributed by atoms with Crippen molar-refractivity contribution in [2.24, 2.45) is 5.10 Å². The van der Waals surface area contributed by atoms with E-state index in [2.05, 4.69) is 30.7 Å². The summed E-state index contributed by atoms with van der Waals surface area (Å²) in [6.07, 6.45) is 0. The van der Waals surface area contributed by atoms with E-state index in [1.165, 1.54) is 0 Å². The third-order valence-corrected chi connectivity index (χ3v) is 3.47. The number of carbonyl (C=O) groups is 1. The number of aryl methyl sites for hydroxylation is 2. The van der Waals surface area contributed by atoms with Gasteiger partial charge in [0.2, 0.25) is 5.95 Å². The van der Waals surface area contributed by atoms with E-state index < -0.39 is 0 Å². The number of hydrogen-bond donors (Lipinski definition) is 3. The van der Waals surface area contributed by atoms with E-state index in [0.29, 0.717) is 29.3 Å². The van der Waals surface area contributed by atoms with E-state index in [1.807, 2.05) is 6.92 Å². The van der Waals surface area contributed by atoms with Crippen molar-refractivity contribution >= 4 is 17.6 Å². The Bertz CT molecular complexity index is 849. The van der Waals surface area contributed by atoms with Gasteiger partial charge in [-0.25, -0.2) is 10.2 Å². The Morgan fingerprint density at radius 1 is 1.25 bits per heavy atom. The summed E-state index contributed by atoms with van der Waals surface area (Å²) >= 11 is 0. The lowest BCUT2D eigenvalue weighted by atomic mass is 10.1. The van der Waals surface area contributed by atoms with Gasteiger partial charge in [0.1, 0.15) is 5.69 Å². The third-order valence-electron chi connectivity index (χ3n) is 3.47. The van der Waals surface area contributed by atoms with Crippen LogP contribution in [0.1, 0.15) is 46.9 Å². The van der Waals surface area contributed by atoms with Crippen LogP contribution in [0.25, 0.3) is 0 Å². The lowest BCUT2D eigenvalue weighted by molar-refractivity contribution is 0.0525. The Balaban J connectivity index is 2.27. The SMILES string of the molecule is CCOC(=O)c1c(C)[nH]c(/C(C)=N/Nc2nnc(C)c(=O)[nH]2)c1C. The van der Waals surface area contributed by atoms with E-state index in [1.54, 1.807) is 27.7 Å². The zero-order valence-electron chi connectivity index (χ0n) is 14.3. The summed E-state index contributed by atoms with van der Waals surface area (Å²) in [5.74, 6) is -0.235. The fraction of sp³-hybridized carbons (Fsp3) is 0.400. The number of nitrogens with one attached hydrogen (secondary N) is 3. The first-order valence-corrected chi connectivity index (χ1v) is 7.45. The van der Waals surface area contributed by atoms with Gasteiger partial charge in [-0.3, -0.25) is 9.78 Å². The second-order valence-electron chi connectivity index (χ2n) is 5.24. The van der Waals surface area contributed by atoms with Crippen molar-refractivity contribution in [2.75, 3.05) is 12.0 Å². The highest BCUT2D eigenvalue weighted by Crippen LogP contribution is 2.19. The molecule has 2 heterocycles. The van der Waals surface area contributed by atoms with Crippen molar-refractivity contribution in [1.29, 1.82) is 0 Å². The van der Waals surface area contributed by atoms with Crippen LogP contribution < -0.4 is 11.0 Å². The number of ether oxygens (including phenoxy) is 1. The molecule has 9 nitrogen and oxygen atoms in total. The van der Waals surface area contributed by atoms with Crippen LogP contribution in [-0.2, 0) is 4.74 Å². The van der Waals surface area contributed by atoms with Crippen LogP contribution in [0.4, 0.5) is 5.95 Å². The maximum Gasteiger partial charge on any atom is 0.340 e. The second kappa shape index (κ2) is 7.07. The first kappa shape index (κ1) is 17.4. The zero-order chi connectivity index (χ0) is 17.9. The fourth-order valence-corrected chi connectivity index (χ4v) is 2.26. The second-order valence-corrected chi connectivity index (χ2v) is 5.24. The fourth-order valence-electron chi connectivity index (χ4n) is 2.26. The van der Waals surface area contributed by atoms with Gasteiger partial charge >= 0.3 is 5.97 Å². The molecule has 3 N–H and O–H groups in total. The molecule has 0 amide bonds. The third kappa shape index (κ3) is 3.50. The average Bonchev–Trinajstić information content (AvgIpc) is 2.83. The number of hydrazone groups is 1. The molecule has 0 bridgehead atoms. The molecule has 0 aliphatic rings. The van der Waals surface area contributed by atoms with Crippen LogP contribution in [0.15, 0.2) is 9.90 Å². The van der Waals surface area contributed by atoms with Gasteiger partial charge in [-0.15, -0.1) is 10.2 Å². The number of H-pyrrole nitrogens is 2. The first-order chi connectivity index (χ1) is 11.3. The van der Waals surface area contributed by atoms with Crippen LogP contribution in [0.2, 0.25) is 0 Å². The van der Waals surface area contributed by atoms with E-state index in [9.17, 15) is 9.59 Å². The highest BCUT2D eigenvalue weighted by molar-refractivity contribution is 6.03. The van der Waals surface area contributed by atoms with Crippen molar-refractivity contribution in [1.82, 2.24) is 20.2 Å². The van der Waals surface area contributed by atoms with Crippen molar-refractivity contribution in [2.45, 2.75) is 34.6 Å². The van der Waals surface area contributed by atoms with Gasteiger partial charge in [-0.05, 0) is 40.2 Å². The molecule has 2 rings (SSSR count). The van der Waals surface area contributed by atoms with Gasteiger partial charge in [-0.2, -0.15) is 5.10 Å². The van der Waals surface area contributed by atoms with Gasteiger partial charge in [0.15, 0.2) is 0 Å². The maximum absolute atomic E-state index is 12.0. The molecule has 0 aromatic carbocycles. The number of aromatic nitrogens is 4. The van der Waals surface area contributed by atoms with Crippen LogP contribution in [0.5, 0.6) is 0 Å². The molecule has 0 fully saturated rings. The Hall–Kier alpha value is -2.97. The molecule has 0 unspecified atom stereocenters. The number of rotatable bonds is 5. The summed E-state index contributed by atoms with van der Waals surface area (Å²) < 4.78 is 5.06. The normalized spacial score (nSPS) is 11.5. The lowest BCUT2D eigenvalue weighted by Crippen LogP contribution is -2.16. The van der Waals surface area contributed by atoms with Crippen LogP contribution in [0, 0.1) is 20.8 Å². The molecule has 0 spiro atoms. The molecule has 0 aliphatic heterocycles. The van der Waals surface area contributed by atoms with Gasteiger partial charge in [0, 0.05) is 5.69 Å². The van der Waals surface area contributed by atoms with Gasteiger partial charge in [0.05, 0.1) is 23.6 Å². The van der Waals surface area contributed by atoms with E-state index in [0.717, 1.165) is 5.56 Å². The number of nitrogens with zero attached hydrogens (tertiary/aromatic N) is 3. The molecule has 0 atom stereocenters. The predicted molar refractivity (Wildman–Crippen MR) is 89.4 cm³/mol. The molecule has 0 saturated carbocycles. The molecule has 0 aliphatic carbocycles. The molecular weight excluding hydrogens is 312 g/mol. The first-order valence-electron chi connectivity index (χ1n) is 7.45. The average molecular weight is 332 g/mol. The van der Waals surface area contributed by atoms with Crippen LogP contribution >= 0.6 is 0 Å². The van der Waals surface area contributed by atoms with Crippen molar-refractivity contribution in [3.05, 3.63) is 38.6 Å². The zero-order valence-corrected chi connectivity index (χ0v) is 14.3. The number of esters is 1. The molecule has 0 saturated heterocycles. The minimum absolute atomic E-state index is 0.136. The monoisotopic (exact) mass is 332 g/mol. The van der Waals surface area contributed by atoms with Crippen molar-refractivity contribution < 1.29 is 9.53 Å². The summed E-state index contributed by atoms with van der Waals surface area (Å²) in [6, 6.07) is 0.